The zero-order chi connectivity index (χ0) is 9.97. The standard InChI is InChI=1S/C13H15N/c1-10-6-11(2)8-12(7-10)9-13-4-3-5-14-13/h3-8,14H,9H2,1-2H3. The van der Waals surface area contributed by atoms with Crippen LogP contribution in [-0.4, -0.2) is 4.98 Å². The first-order valence-corrected chi connectivity index (χ1v) is 4.93. The van der Waals surface area contributed by atoms with E-state index in [0.29, 0.717) is 0 Å². The molecule has 14 heavy (non-hydrogen) atoms. The third-order valence-electron chi connectivity index (χ3n) is 2.34. The first-order chi connectivity index (χ1) is 6.74. The van der Waals surface area contributed by atoms with E-state index in [1.807, 2.05) is 12.3 Å². The van der Waals surface area contributed by atoms with E-state index in [0.717, 1.165) is 6.42 Å². The van der Waals surface area contributed by atoms with Crippen LogP contribution >= 0.6 is 0 Å². The number of aromatic nitrogens is 1. The lowest BCUT2D eigenvalue weighted by Gasteiger charge is -2.03. The molecule has 0 aliphatic rings. The summed E-state index contributed by atoms with van der Waals surface area (Å²) in [6.45, 7) is 4.29. The largest absolute Gasteiger partial charge is 0.365 e. The summed E-state index contributed by atoms with van der Waals surface area (Å²) in [7, 11) is 0. The molecule has 0 saturated carbocycles. The van der Waals surface area contributed by atoms with Crippen molar-refractivity contribution in [1.82, 2.24) is 4.98 Å². The van der Waals surface area contributed by atoms with E-state index >= 15 is 0 Å². The second-order valence-corrected chi connectivity index (χ2v) is 3.87. The van der Waals surface area contributed by atoms with Gasteiger partial charge in [0.15, 0.2) is 0 Å². The summed E-state index contributed by atoms with van der Waals surface area (Å²) in [6, 6.07) is 10.9. The molecule has 0 aliphatic heterocycles. The third-order valence-corrected chi connectivity index (χ3v) is 2.34. The van der Waals surface area contributed by atoms with Gasteiger partial charge in [0, 0.05) is 18.3 Å². The number of H-pyrrole nitrogens is 1. The summed E-state index contributed by atoms with van der Waals surface area (Å²) < 4.78 is 0. The van der Waals surface area contributed by atoms with Crippen molar-refractivity contribution >= 4 is 0 Å². The van der Waals surface area contributed by atoms with E-state index in [1.165, 1.54) is 22.4 Å². The highest BCUT2D eigenvalue weighted by molar-refractivity contribution is 5.31. The molecule has 0 saturated heterocycles. The molecule has 0 fully saturated rings. The van der Waals surface area contributed by atoms with Crippen molar-refractivity contribution in [2.45, 2.75) is 20.3 Å². The Kier molecular flexibility index (Phi) is 2.40. The zero-order valence-electron chi connectivity index (χ0n) is 8.67. The summed E-state index contributed by atoms with van der Waals surface area (Å²) in [4.78, 5) is 3.22. The molecule has 0 amide bonds. The molecule has 0 radical (unpaired) electrons. The molecular formula is C13H15N. The van der Waals surface area contributed by atoms with Crippen LogP contribution in [0.1, 0.15) is 22.4 Å². The van der Waals surface area contributed by atoms with E-state index in [2.05, 4.69) is 43.1 Å². The molecule has 1 aromatic heterocycles. The van der Waals surface area contributed by atoms with Crippen LogP contribution in [0.15, 0.2) is 36.5 Å². The fraction of sp³-hybridized carbons (Fsp3) is 0.231. The molecule has 2 rings (SSSR count). The number of hydrogen-bond acceptors (Lipinski definition) is 0. The average molecular weight is 185 g/mol. The van der Waals surface area contributed by atoms with Crippen LogP contribution < -0.4 is 0 Å². The van der Waals surface area contributed by atoms with Crippen molar-refractivity contribution in [3.8, 4) is 0 Å². The molecule has 1 nitrogen and oxygen atoms in total. The molecule has 0 spiro atoms. The van der Waals surface area contributed by atoms with Gasteiger partial charge in [0.25, 0.3) is 0 Å². The van der Waals surface area contributed by atoms with Gasteiger partial charge in [0.2, 0.25) is 0 Å². The predicted molar refractivity (Wildman–Crippen MR) is 59.5 cm³/mol. The molecule has 0 unspecified atom stereocenters. The van der Waals surface area contributed by atoms with E-state index in [1.54, 1.807) is 0 Å². The fourth-order valence-corrected chi connectivity index (χ4v) is 1.87. The highest BCUT2D eigenvalue weighted by Crippen LogP contribution is 2.12. The Morgan fingerprint density at radius 3 is 2.36 bits per heavy atom. The van der Waals surface area contributed by atoms with Crippen LogP contribution in [0.5, 0.6) is 0 Å². The molecule has 1 heterocycles. The first kappa shape index (κ1) is 9.07. The summed E-state index contributed by atoms with van der Waals surface area (Å²) in [5, 5.41) is 0. The maximum Gasteiger partial charge on any atom is 0.0191 e. The minimum atomic E-state index is 0.996. The SMILES string of the molecule is Cc1cc(C)cc(Cc2ccc[nH]2)c1. The van der Waals surface area contributed by atoms with E-state index < -0.39 is 0 Å². The second kappa shape index (κ2) is 3.70. The molecule has 2 aromatic rings. The zero-order valence-corrected chi connectivity index (χ0v) is 8.67. The summed E-state index contributed by atoms with van der Waals surface area (Å²) in [5.41, 5.74) is 5.33. The van der Waals surface area contributed by atoms with Crippen LogP contribution in [0.25, 0.3) is 0 Å². The number of hydrogen-bond donors (Lipinski definition) is 1. The van der Waals surface area contributed by atoms with Gasteiger partial charge in [-0.15, -0.1) is 0 Å². The lowest BCUT2D eigenvalue weighted by Crippen LogP contribution is -1.90. The Bertz CT molecular complexity index is 393. The minimum Gasteiger partial charge on any atom is -0.365 e. The Balaban J connectivity index is 2.25. The van der Waals surface area contributed by atoms with Crippen LogP contribution in [0.2, 0.25) is 0 Å². The molecular weight excluding hydrogens is 170 g/mol. The number of nitrogens with one attached hydrogen (secondary N) is 1. The second-order valence-electron chi connectivity index (χ2n) is 3.87. The van der Waals surface area contributed by atoms with Crippen molar-refractivity contribution < 1.29 is 0 Å². The van der Waals surface area contributed by atoms with Gasteiger partial charge >= 0.3 is 0 Å². The van der Waals surface area contributed by atoms with E-state index in [-0.39, 0.29) is 0 Å². The molecule has 1 heteroatoms. The van der Waals surface area contributed by atoms with Crippen molar-refractivity contribution in [3.05, 3.63) is 58.9 Å². The minimum absolute atomic E-state index is 0.996. The Morgan fingerprint density at radius 2 is 1.79 bits per heavy atom. The lowest BCUT2D eigenvalue weighted by atomic mass is 10.0. The van der Waals surface area contributed by atoms with Gasteiger partial charge in [-0.05, 0) is 31.5 Å². The highest BCUT2D eigenvalue weighted by atomic mass is 14.7. The summed E-state index contributed by atoms with van der Waals surface area (Å²) >= 11 is 0. The molecule has 0 aliphatic carbocycles. The quantitative estimate of drug-likeness (QED) is 0.739. The van der Waals surface area contributed by atoms with Crippen molar-refractivity contribution in [1.29, 1.82) is 0 Å². The van der Waals surface area contributed by atoms with Gasteiger partial charge in [-0.2, -0.15) is 0 Å². The van der Waals surface area contributed by atoms with E-state index in [9.17, 15) is 0 Å². The summed E-state index contributed by atoms with van der Waals surface area (Å²) in [5.74, 6) is 0. The van der Waals surface area contributed by atoms with Crippen molar-refractivity contribution in [2.24, 2.45) is 0 Å². The molecule has 72 valence electrons. The van der Waals surface area contributed by atoms with Crippen molar-refractivity contribution in [3.63, 3.8) is 0 Å². The molecule has 1 aromatic carbocycles. The van der Waals surface area contributed by atoms with Crippen LogP contribution in [-0.2, 0) is 6.42 Å². The van der Waals surface area contributed by atoms with Crippen LogP contribution in [0, 0.1) is 13.8 Å². The maximum absolute atomic E-state index is 3.22. The average Bonchev–Trinajstić information content (AvgIpc) is 2.54. The van der Waals surface area contributed by atoms with Gasteiger partial charge in [0.05, 0.1) is 0 Å². The number of aromatic amines is 1. The molecule has 0 atom stereocenters. The molecule has 1 N–H and O–H groups in total. The third kappa shape index (κ3) is 2.05. The Hall–Kier alpha value is -1.50. The van der Waals surface area contributed by atoms with Crippen LogP contribution in [0.4, 0.5) is 0 Å². The van der Waals surface area contributed by atoms with Gasteiger partial charge in [-0.25, -0.2) is 0 Å². The molecule has 0 bridgehead atoms. The van der Waals surface area contributed by atoms with Gasteiger partial charge in [0.1, 0.15) is 0 Å². The number of rotatable bonds is 2. The smallest absolute Gasteiger partial charge is 0.0191 e. The fourth-order valence-electron chi connectivity index (χ4n) is 1.87. The summed E-state index contributed by atoms with van der Waals surface area (Å²) in [6.07, 6.45) is 2.97. The van der Waals surface area contributed by atoms with Gasteiger partial charge in [-0.3, -0.25) is 0 Å². The first-order valence-electron chi connectivity index (χ1n) is 4.93. The predicted octanol–water partition coefficient (Wildman–Crippen LogP) is 3.22. The number of benzene rings is 1. The highest BCUT2D eigenvalue weighted by Gasteiger charge is 1.98. The maximum atomic E-state index is 3.22. The topological polar surface area (TPSA) is 15.8 Å². The normalized spacial score (nSPS) is 10.4. The van der Waals surface area contributed by atoms with Crippen LogP contribution in [0.3, 0.4) is 0 Å². The van der Waals surface area contributed by atoms with Gasteiger partial charge in [-0.1, -0.05) is 29.3 Å². The Morgan fingerprint density at radius 1 is 1.07 bits per heavy atom. The van der Waals surface area contributed by atoms with Gasteiger partial charge < -0.3 is 4.98 Å². The Labute approximate surface area is 84.8 Å². The number of aryl methyl sites for hydroxylation is 2. The lowest BCUT2D eigenvalue weighted by molar-refractivity contribution is 1.10. The van der Waals surface area contributed by atoms with E-state index in [4.69, 9.17) is 0 Å². The monoisotopic (exact) mass is 185 g/mol. The van der Waals surface area contributed by atoms with Crippen molar-refractivity contribution in [2.75, 3.05) is 0 Å².